The Morgan fingerprint density at radius 3 is 2.81 bits per heavy atom. The second-order valence-electron chi connectivity index (χ2n) is 5.07. The van der Waals surface area contributed by atoms with Crippen molar-refractivity contribution in [1.29, 1.82) is 0 Å². The number of nitrogens with one attached hydrogen (secondary N) is 1. The lowest BCUT2D eigenvalue weighted by atomic mass is 10.1. The van der Waals surface area contributed by atoms with Crippen molar-refractivity contribution in [2.24, 2.45) is 0 Å². The maximum absolute atomic E-state index is 5.11. The molecule has 3 unspecified atom stereocenters. The lowest BCUT2D eigenvalue weighted by Crippen LogP contribution is -2.32. The van der Waals surface area contributed by atoms with E-state index in [2.05, 4.69) is 31.2 Å². The van der Waals surface area contributed by atoms with Crippen LogP contribution in [0.15, 0.2) is 23.0 Å². The van der Waals surface area contributed by atoms with E-state index in [0.717, 1.165) is 6.04 Å². The molecule has 0 aromatic carbocycles. The molecule has 2 rings (SSSR count). The molecule has 1 aliphatic carbocycles. The number of hydrogen-bond donors (Lipinski definition) is 1. The smallest absolute Gasteiger partial charge is 0.0950 e. The van der Waals surface area contributed by atoms with Gasteiger partial charge in [0.1, 0.15) is 0 Å². The molecule has 0 aliphatic heterocycles. The fourth-order valence-electron chi connectivity index (χ4n) is 2.55. The summed E-state index contributed by atoms with van der Waals surface area (Å²) in [6, 6.07) is 3.83. The third-order valence-electron chi connectivity index (χ3n) is 3.66. The summed E-state index contributed by atoms with van der Waals surface area (Å²) in [6.45, 7) is 2.20. The molecule has 1 fully saturated rings. The van der Waals surface area contributed by atoms with Crippen molar-refractivity contribution in [3.8, 4) is 0 Å². The molecule has 0 radical (unpaired) electrons. The molecule has 1 heterocycles. The first-order valence-corrected chi connectivity index (χ1v) is 6.11. The van der Waals surface area contributed by atoms with E-state index in [0.29, 0.717) is 12.1 Å². The monoisotopic (exact) mass is 222 g/mol. The van der Waals surface area contributed by atoms with Gasteiger partial charge in [0.15, 0.2) is 0 Å². The van der Waals surface area contributed by atoms with Crippen molar-refractivity contribution < 1.29 is 4.42 Å². The zero-order valence-electron chi connectivity index (χ0n) is 10.4. The Hall–Kier alpha value is -0.800. The number of hydrogen-bond acceptors (Lipinski definition) is 3. The summed E-state index contributed by atoms with van der Waals surface area (Å²) in [5.41, 5.74) is 1.24. The molecule has 0 amide bonds. The Morgan fingerprint density at radius 1 is 1.44 bits per heavy atom. The molecule has 90 valence electrons. The van der Waals surface area contributed by atoms with Crippen LogP contribution in [-0.4, -0.2) is 31.1 Å². The first kappa shape index (κ1) is 11.7. The summed E-state index contributed by atoms with van der Waals surface area (Å²) in [5.74, 6) is 0. The van der Waals surface area contributed by atoms with Crippen LogP contribution in [0.2, 0.25) is 0 Å². The van der Waals surface area contributed by atoms with Gasteiger partial charge in [-0.1, -0.05) is 0 Å². The maximum Gasteiger partial charge on any atom is 0.0950 e. The van der Waals surface area contributed by atoms with E-state index in [1.165, 1.54) is 24.8 Å². The molecular weight excluding hydrogens is 200 g/mol. The molecule has 0 bridgehead atoms. The number of rotatable bonds is 4. The zero-order chi connectivity index (χ0) is 11.5. The Bertz CT molecular complexity index is 308. The third kappa shape index (κ3) is 2.66. The van der Waals surface area contributed by atoms with Crippen LogP contribution in [0.4, 0.5) is 0 Å². The van der Waals surface area contributed by atoms with Gasteiger partial charge in [-0.05, 0) is 46.3 Å². The van der Waals surface area contributed by atoms with Crippen LogP contribution in [0.1, 0.15) is 37.8 Å². The van der Waals surface area contributed by atoms with E-state index in [9.17, 15) is 0 Å². The highest BCUT2D eigenvalue weighted by Gasteiger charge is 2.26. The highest BCUT2D eigenvalue weighted by molar-refractivity contribution is 5.10. The third-order valence-corrected chi connectivity index (χ3v) is 3.66. The molecule has 16 heavy (non-hydrogen) atoms. The molecule has 0 spiro atoms. The summed E-state index contributed by atoms with van der Waals surface area (Å²) in [5, 5.41) is 3.68. The Balaban J connectivity index is 1.83. The van der Waals surface area contributed by atoms with Crippen molar-refractivity contribution in [2.45, 2.75) is 44.3 Å². The number of furan rings is 1. The lowest BCUT2D eigenvalue weighted by molar-refractivity contribution is 0.291. The normalized spacial score (nSPS) is 27.5. The number of nitrogens with zero attached hydrogens (tertiary/aromatic N) is 1. The van der Waals surface area contributed by atoms with Crippen molar-refractivity contribution >= 4 is 0 Å². The average Bonchev–Trinajstić information content (AvgIpc) is 2.87. The molecule has 1 N–H and O–H groups in total. The standard InChI is InChI=1S/C13H22N2O/c1-10(11-6-7-16-9-11)14-12-4-5-13(8-12)15(2)3/h6-7,9-10,12-14H,4-5,8H2,1-3H3. The van der Waals surface area contributed by atoms with Crippen molar-refractivity contribution in [2.75, 3.05) is 14.1 Å². The maximum atomic E-state index is 5.11. The fourth-order valence-corrected chi connectivity index (χ4v) is 2.55. The van der Waals surface area contributed by atoms with Gasteiger partial charge in [-0.2, -0.15) is 0 Å². The van der Waals surface area contributed by atoms with Crippen LogP contribution < -0.4 is 5.32 Å². The summed E-state index contributed by atoms with van der Waals surface area (Å²) in [6.07, 6.45) is 7.42. The quantitative estimate of drug-likeness (QED) is 0.848. The summed E-state index contributed by atoms with van der Waals surface area (Å²) < 4.78 is 5.11. The van der Waals surface area contributed by atoms with Crippen molar-refractivity contribution in [3.63, 3.8) is 0 Å². The van der Waals surface area contributed by atoms with E-state index < -0.39 is 0 Å². The molecule has 3 nitrogen and oxygen atoms in total. The minimum absolute atomic E-state index is 0.393. The van der Waals surface area contributed by atoms with Gasteiger partial charge in [-0.25, -0.2) is 0 Å². The highest BCUT2D eigenvalue weighted by Crippen LogP contribution is 2.25. The van der Waals surface area contributed by atoms with Crippen LogP contribution in [0, 0.1) is 0 Å². The average molecular weight is 222 g/mol. The minimum Gasteiger partial charge on any atom is -0.472 e. The van der Waals surface area contributed by atoms with Crippen LogP contribution >= 0.6 is 0 Å². The van der Waals surface area contributed by atoms with Crippen molar-refractivity contribution in [1.82, 2.24) is 10.2 Å². The van der Waals surface area contributed by atoms with Gasteiger partial charge in [-0.15, -0.1) is 0 Å². The van der Waals surface area contributed by atoms with E-state index in [1.54, 1.807) is 6.26 Å². The Labute approximate surface area is 97.8 Å². The SMILES string of the molecule is CC(NC1CCC(N(C)C)C1)c1ccoc1. The van der Waals surface area contributed by atoms with Crippen LogP contribution in [-0.2, 0) is 0 Å². The fraction of sp³-hybridized carbons (Fsp3) is 0.692. The van der Waals surface area contributed by atoms with Crippen molar-refractivity contribution in [3.05, 3.63) is 24.2 Å². The zero-order valence-corrected chi connectivity index (χ0v) is 10.4. The van der Waals surface area contributed by atoms with E-state index in [1.807, 2.05) is 12.3 Å². The van der Waals surface area contributed by atoms with E-state index >= 15 is 0 Å². The van der Waals surface area contributed by atoms with Crippen LogP contribution in [0.3, 0.4) is 0 Å². The minimum atomic E-state index is 0.393. The molecular formula is C13H22N2O. The predicted octanol–water partition coefficient (Wildman–Crippen LogP) is 2.41. The lowest BCUT2D eigenvalue weighted by Gasteiger charge is -2.21. The molecule has 1 aliphatic rings. The van der Waals surface area contributed by atoms with E-state index in [-0.39, 0.29) is 0 Å². The van der Waals surface area contributed by atoms with Gasteiger partial charge < -0.3 is 14.6 Å². The summed E-state index contributed by atoms with van der Waals surface area (Å²) in [7, 11) is 4.35. The molecule has 1 saturated carbocycles. The highest BCUT2D eigenvalue weighted by atomic mass is 16.3. The van der Waals surface area contributed by atoms with E-state index in [4.69, 9.17) is 4.42 Å². The van der Waals surface area contributed by atoms with Gasteiger partial charge >= 0.3 is 0 Å². The molecule has 3 atom stereocenters. The van der Waals surface area contributed by atoms with Gasteiger partial charge in [-0.3, -0.25) is 0 Å². The Kier molecular flexibility index (Phi) is 3.66. The first-order valence-electron chi connectivity index (χ1n) is 6.11. The largest absolute Gasteiger partial charge is 0.472 e. The van der Waals surface area contributed by atoms with Crippen LogP contribution in [0.25, 0.3) is 0 Å². The predicted molar refractivity (Wildman–Crippen MR) is 65.4 cm³/mol. The topological polar surface area (TPSA) is 28.4 Å². The molecule has 0 saturated heterocycles. The van der Waals surface area contributed by atoms with Crippen LogP contribution in [0.5, 0.6) is 0 Å². The van der Waals surface area contributed by atoms with Gasteiger partial charge in [0, 0.05) is 23.7 Å². The summed E-state index contributed by atoms with van der Waals surface area (Å²) in [4.78, 5) is 2.34. The van der Waals surface area contributed by atoms with Gasteiger partial charge in [0.2, 0.25) is 0 Å². The molecule has 1 aromatic rings. The second-order valence-corrected chi connectivity index (χ2v) is 5.07. The molecule has 1 aromatic heterocycles. The van der Waals surface area contributed by atoms with Gasteiger partial charge in [0.25, 0.3) is 0 Å². The molecule has 3 heteroatoms. The summed E-state index contributed by atoms with van der Waals surface area (Å²) >= 11 is 0. The first-order chi connectivity index (χ1) is 7.66. The van der Waals surface area contributed by atoms with Gasteiger partial charge in [0.05, 0.1) is 12.5 Å². The Morgan fingerprint density at radius 2 is 2.25 bits per heavy atom. The second kappa shape index (κ2) is 5.02.